The summed E-state index contributed by atoms with van der Waals surface area (Å²) in [4.78, 5) is 10.9. The molecule has 3 nitrogen and oxygen atoms in total. The molecule has 3 N–H and O–H groups in total. The maximum atomic E-state index is 10.9. The number of nitrogens with two attached hydrogens (primary N) is 1. The van der Waals surface area contributed by atoms with Crippen LogP contribution in [0.15, 0.2) is 12.7 Å². The highest BCUT2D eigenvalue weighted by Gasteiger charge is 2.55. The van der Waals surface area contributed by atoms with Crippen LogP contribution in [0.4, 0.5) is 0 Å². The third-order valence-electron chi connectivity index (χ3n) is 1.87. The standard InChI is InChI=1S/C6H10N2OS/c1-2-4-3-6(4,7)5(9)8-10/h2,4,10H,1,3,7H2,(H,8,9). The van der Waals surface area contributed by atoms with Gasteiger partial charge in [-0.25, -0.2) is 0 Å². The van der Waals surface area contributed by atoms with Crippen LogP contribution in [0.3, 0.4) is 0 Å². The van der Waals surface area contributed by atoms with Crippen LogP contribution in [0.25, 0.3) is 0 Å². The lowest BCUT2D eigenvalue weighted by molar-refractivity contribution is -0.121. The molecule has 2 unspecified atom stereocenters. The van der Waals surface area contributed by atoms with Crippen molar-refractivity contribution < 1.29 is 4.79 Å². The number of carbonyl (C=O) groups excluding carboxylic acids is 1. The maximum Gasteiger partial charge on any atom is 0.250 e. The molecule has 0 spiro atoms. The molecule has 0 aromatic rings. The first-order valence-electron chi connectivity index (χ1n) is 3.01. The number of rotatable bonds is 2. The monoisotopic (exact) mass is 158 g/mol. The molecular weight excluding hydrogens is 148 g/mol. The van der Waals surface area contributed by atoms with Gasteiger partial charge in [0.2, 0.25) is 5.91 Å². The summed E-state index contributed by atoms with van der Waals surface area (Å²) in [6.07, 6.45) is 2.38. The Hall–Kier alpha value is -0.480. The minimum absolute atomic E-state index is 0.125. The fraction of sp³-hybridized carbons (Fsp3) is 0.500. The van der Waals surface area contributed by atoms with E-state index in [1.807, 2.05) is 0 Å². The SMILES string of the molecule is C=CC1CC1(N)C(=O)NS. The van der Waals surface area contributed by atoms with Crippen molar-refractivity contribution in [3.63, 3.8) is 0 Å². The molecule has 10 heavy (non-hydrogen) atoms. The van der Waals surface area contributed by atoms with Crippen molar-refractivity contribution in [2.24, 2.45) is 11.7 Å². The van der Waals surface area contributed by atoms with Crippen LogP contribution in [0.5, 0.6) is 0 Å². The van der Waals surface area contributed by atoms with E-state index in [4.69, 9.17) is 5.73 Å². The van der Waals surface area contributed by atoms with Gasteiger partial charge in [-0.05, 0) is 6.42 Å². The van der Waals surface area contributed by atoms with Gasteiger partial charge in [-0.15, -0.1) is 6.58 Å². The Morgan fingerprint density at radius 1 is 2.00 bits per heavy atom. The molecular formula is C6H10N2OS. The van der Waals surface area contributed by atoms with Crippen LogP contribution in [0.2, 0.25) is 0 Å². The summed E-state index contributed by atoms with van der Waals surface area (Å²) in [5.74, 6) is -0.0969. The molecule has 0 aliphatic heterocycles. The molecule has 0 bridgehead atoms. The minimum Gasteiger partial charge on any atom is -0.317 e. The Bertz CT molecular complexity index is 183. The fourth-order valence-electron chi connectivity index (χ4n) is 0.964. The van der Waals surface area contributed by atoms with E-state index in [1.54, 1.807) is 6.08 Å². The number of nitrogens with one attached hydrogen (secondary N) is 1. The predicted octanol–water partition coefficient (Wildman–Crippen LogP) is -0.149. The van der Waals surface area contributed by atoms with Gasteiger partial charge in [-0.2, -0.15) is 0 Å². The van der Waals surface area contributed by atoms with Crippen LogP contribution in [-0.2, 0) is 4.79 Å². The first kappa shape index (κ1) is 7.63. The van der Waals surface area contributed by atoms with Crippen molar-refractivity contribution in [2.75, 3.05) is 0 Å². The van der Waals surface area contributed by atoms with E-state index in [2.05, 4.69) is 24.1 Å². The van der Waals surface area contributed by atoms with E-state index in [0.29, 0.717) is 6.42 Å². The molecule has 1 amide bonds. The van der Waals surface area contributed by atoms with E-state index in [-0.39, 0.29) is 11.8 Å². The Balaban J connectivity index is 2.58. The zero-order chi connectivity index (χ0) is 7.78. The summed E-state index contributed by atoms with van der Waals surface area (Å²) in [7, 11) is 0. The van der Waals surface area contributed by atoms with Gasteiger partial charge >= 0.3 is 0 Å². The molecule has 4 heteroatoms. The zero-order valence-corrected chi connectivity index (χ0v) is 6.40. The van der Waals surface area contributed by atoms with Gasteiger partial charge in [0.1, 0.15) is 5.54 Å². The topological polar surface area (TPSA) is 55.1 Å². The highest BCUT2D eigenvalue weighted by atomic mass is 32.1. The second-order valence-electron chi connectivity index (χ2n) is 2.53. The molecule has 1 aliphatic rings. The van der Waals surface area contributed by atoms with Gasteiger partial charge < -0.3 is 10.5 Å². The van der Waals surface area contributed by atoms with E-state index in [1.165, 1.54) is 0 Å². The van der Waals surface area contributed by atoms with E-state index >= 15 is 0 Å². The molecule has 0 radical (unpaired) electrons. The molecule has 2 atom stereocenters. The van der Waals surface area contributed by atoms with Crippen LogP contribution in [-0.4, -0.2) is 11.4 Å². The highest BCUT2D eigenvalue weighted by Crippen LogP contribution is 2.41. The number of hydrogen-bond donors (Lipinski definition) is 3. The van der Waals surface area contributed by atoms with Crippen molar-refractivity contribution in [1.82, 2.24) is 4.72 Å². The van der Waals surface area contributed by atoms with Crippen molar-refractivity contribution in [3.05, 3.63) is 12.7 Å². The van der Waals surface area contributed by atoms with E-state index < -0.39 is 5.54 Å². The Kier molecular flexibility index (Phi) is 1.74. The van der Waals surface area contributed by atoms with Crippen LogP contribution in [0, 0.1) is 5.92 Å². The zero-order valence-electron chi connectivity index (χ0n) is 5.50. The summed E-state index contributed by atoms with van der Waals surface area (Å²) in [6, 6.07) is 0. The largest absolute Gasteiger partial charge is 0.317 e. The molecule has 0 saturated heterocycles. The molecule has 1 aliphatic carbocycles. The van der Waals surface area contributed by atoms with Gasteiger partial charge in [-0.1, -0.05) is 18.9 Å². The predicted molar refractivity (Wildman–Crippen MR) is 42.4 cm³/mol. The first-order valence-corrected chi connectivity index (χ1v) is 3.46. The lowest BCUT2D eigenvalue weighted by Crippen LogP contribution is -2.40. The Morgan fingerprint density at radius 2 is 2.60 bits per heavy atom. The van der Waals surface area contributed by atoms with Crippen molar-refractivity contribution in [3.8, 4) is 0 Å². The van der Waals surface area contributed by atoms with Crippen molar-refractivity contribution in [1.29, 1.82) is 0 Å². The van der Waals surface area contributed by atoms with Crippen molar-refractivity contribution >= 4 is 18.7 Å². The van der Waals surface area contributed by atoms with Crippen LogP contribution >= 0.6 is 12.8 Å². The first-order chi connectivity index (χ1) is 4.65. The maximum absolute atomic E-state index is 10.9. The molecule has 0 heterocycles. The number of amides is 1. The lowest BCUT2D eigenvalue weighted by atomic mass is 10.2. The van der Waals surface area contributed by atoms with Gasteiger partial charge in [-0.3, -0.25) is 4.79 Å². The fourth-order valence-corrected chi connectivity index (χ4v) is 1.17. The third-order valence-corrected chi connectivity index (χ3v) is 2.07. The van der Waals surface area contributed by atoms with Gasteiger partial charge in [0.15, 0.2) is 0 Å². The molecule has 0 aromatic carbocycles. The minimum atomic E-state index is -0.719. The molecule has 0 aromatic heterocycles. The van der Waals surface area contributed by atoms with Crippen LogP contribution < -0.4 is 10.5 Å². The summed E-state index contributed by atoms with van der Waals surface area (Å²) < 4.78 is 2.21. The van der Waals surface area contributed by atoms with Gasteiger partial charge in [0, 0.05) is 5.92 Å². The summed E-state index contributed by atoms with van der Waals surface area (Å²) in [5.41, 5.74) is 4.90. The summed E-state index contributed by atoms with van der Waals surface area (Å²) >= 11 is 3.61. The second-order valence-corrected chi connectivity index (χ2v) is 2.75. The van der Waals surface area contributed by atoms with E-state index in [9.17, 15) is 4.79 Å². The Labute approximate surface area is 65.2 Å². The lowest BCUT2D eigenvalue weighted by Gasteiger charge is -2.05. The van der Waals surface area contributed by atoms with Gasteiger partial charge in [0.25, 0.3) is 0 Å². The number of hydrogen-bond acceptors (Lipinski definition) is 3. The second kappa shape index (κ2) is 2.29. The van der Waals surface area contributed by atoms with E-state index in [0.717, 1.165) is 0 Å². The number of thiol groups is 1. The van der Waals surface area contributed by atoms with Crippen molar-refractivity contribution in [2.45, 2.75) is 12.0 Å². The van der Waals surface area contributed by atoms with Gasteiger partial charge in [0.05, 0.1) is 0 Å². The average molecular weight is 158 g/mol. The Morgan fingerprint density at radius 3 is 2.90 bits per heavy atom. The van der Waals surface area contributed by atoms with Crippen LogP contribution in [0.1, 0.15) is 6.42 Å². The quantitative estimate of drug-likeness (QED) is 0.387. The molecule has 1 fully saturated rings. The average Bonchev–Trinajstić information content (AvgIpc) is 2.61. The summed E-state index contributed by atoms with van der Waals surface area (Å²) in [5, 5.41) is 0. The molecule has 56 valence electrons. The summed E-state index contributed by atoms with van der Waals surface area (Å²) in [6.45, 7) is 3.55. The highest BCUT2D eigenvalue weighted by molar-refractivity contribution is 7.78. The smallest absolute Gasteiger partial charge is 0.250 e. The molecule has 1 saturated carbocycles. The normalized spacial score (nSPS) is 36.8. The third kappa shape index (κ3) is 0.932. The molecule has 1 rings (SSSR count). The number of carbonyl (C=O) groups is 1.